The molecule has 2 aromatic rings. The standard InChI is InChI=1S/C12H14ClN3O/c1-7(2)14-6-11-15-10-5-8(13)3-4-9(10)12(17)16-11/h3-5,7,14H,6H2,1-2H3,(H,15,16,17). The van der Waals surface area contributed by atoms with E-state index >= 15 is 0 Å². The molecule has 0 radical (unpaired) electrons. The van der Waals surface area contributed by atoms with Gasteiger partial charge in [0.2, 0.25) is 0 Å². The maximum absolute atomic E-state index is 11.8. The molecule has 0 unspecified atom stereocenters. The maximum atomic E-state index is 11.8. The first-order chi connectivity index (χ1) is 8.06. The van der Waals surface area contributed by atoms with Crippen LogP contribution in [-0.2, 0) is 6.54 Å². The molecule has 0 aliphatic carbocycles. The first-order valence-electron chi connectivity index (χ1n) is 5.48. The van der Waals surface area contributed by atoms with Gasteiger partial charge in [-0.15, -0.1) is 0 Å². The van der Waals surface area contributed by atoms with Crippen molar-refractivity contribution in [1.29, 1.82) is 0 Å². The fraction of sp³-hybridized carbons (Fsp3) is 0.333. The molecule has 2 rings (SSSR count). The third-order valence-corrected chi connectivity index (χ3v) is 2.63. The van der Waals surface area contributed by atoms with Gasteiger partial charge in [0.1, 0.15) is 5.82 Å². The number of hydrogen-bond donors (Lipinski definition) is 2. The Balaban J connectivity index is 2.43. The maximum Gasteiger partial charge on any atom is 0.258 e. The summed E-state index contributed by atoms with van der Waals surface area (Å²) >= 11 is 5.88. The molecular formula is C12H14ClN3O. The topological polar surface area (TPSA) is 57.8 Å². The highest BCUT2D eigenvalue weighted by atomic mass is 35.5. The monoisotopic (exact) mass is 251 g/mol. The molecule has 1 aromatic heterocycles. The molecule has 0 fully saturated rings. The molecule has 0 amide bonds. The smallest absolute Gasteiger partial charge is 0.258 e. The van der Waals surface area contributed by atoms with E-state index in [4.69, 9.17) is 11.6 Å². The molecule has 5 heteroatoms. The fourth-order valence-corrected chi connectivity index (χ4v) is 1.71. The summed E-state index contributed by atoms with van der Waals surface area (Å²) in [6, 6.07) is 5.41. The molecule has 0 aliphatic rings. The summed E-state index contributed by atoms with van der Waals surface area (Å²) in [6.45, 7) is 4.61. The van der Waals surface area contributed by atoms with Crippen molar-refractivity contribution >= 4 is 22.5 Å². The van der Waals surface area contributed by atoms with Gasteiger partial charge in [-0.05, 0) is 18.2 Å². The summed E-state index contributed by atoms with van der Waals surface area (Å²) in [4.78, 5) is 18.9. The van der Waals surface area contributed by atoms with Gasteiger partial charge in [-0.1, -0.05) is 25.4 Å². The minimum atomic E-state index is -0.132. The Morgan fingerprint density at radius 2 is 2.24 bits per heavy atom. The van der Waals surface area contributed by atoms with Crippen LogP contribution in [0.5, 0.6) is 0 Å². The number of nitrogens with zero attached hydrogens (tertiary/aromatic N) is 1. The van der Waals surface area contributed by atoms with E-state index in [0.29, 0.717) is 34.3 Å². The Bertz CT molecular complexity index is 592. The minimum absolute atomic E-state index is 0.132. The molecule has 4 nitrogen and oxygen atoms in total. The third-order valence-electron chi connectivity index (χ3n) is 2.40. The summed E-state index contributed by atoms with van der Waals surface area (Å²) < 4.78 is 0. The van der Waals surface area contributed by atoms with Crippen molar-refractivity contribution < 1.29 is 0 Å². The first kappa shape index (κ1) is 12.1. The van der Waals surface area contributed by atoms with Gasteiger partial charge in [0.05, 0.1) is 17.4 Å². The molecule has 1 heterocycles. The van der Waals surface area contributed by atoms with Crippen molar-refractivity contribution in [2.45, 2.75) is 26.4 Å². The first-order valence-corrected chi connectivity index (χ1v) is 5.86. The van der Waals surface area contributed by atoms with Gasteiger partial charge in [-0.3, -0.25) is 4.79 Å². The Morgan fingerprint density at radius 3 is 2.94 bits per heavy atom. The molecule has 90 valence electrons. The van der Waals surface area contributed by atoms with Crippen LogP contribution in [0, 0.1) is 0 Å². The van der Waals surface area contributed by atoms with Crippen molar-refractivity contribution in [3.8, 4) is 0 Å². The van der Waals surface area contributed by atoms with Crippen LogP contribution in [0.25, 0.3) is 10.9 Å². The molecule has 0 aliphatic heterocycles. The molecule has 0 saturated carbocycles. The number of H-pyrrole nitrogens is 1. The predicted molar refractivity (Wildman–Crippen MR) is 69.3 cm³/mol. The zero-order chi connectivity index (χ0) is 12.4. The van der Waals surface area contributed by atoms with E-state index in [1.165, 1.54) is 0 Å². The lowest BCUT2D eigenvalue weighted by molar-refractivity contribution is 0.572. The van der Waals surface area contributed by atoms with Crippen LogP contribution in [0.4, 0.5) is 0 Å². The second kappa shape index (κ2) is 4.85. The Hall–Kier alpha value is -1.39. The number of aromatic amines is 1. The quantitative estimate of drug-likeness (QED) is 0.878. The Labute approximate surface area is 104 Å². The van der Waals surface area contributed by atoms with E-state index < -0.39 is 0 Å². The van der Waals surface area contributed by atoms with Crippen LogP contribution >= 0.6 is 11.6 Å². The second-order valence-electron chi connectivity index (χ2n) is 4.21. The second-order valence-corrected chi connectivity index (χ2v) is 4.65. The van der Waals surface area contributed by atoms with Crippen molar-refractivity contribution in [1.82, 2.24) is 15.3 Å². The lowest BCUT2D eigenvalue weighted by Gasteiger charge is -2.07. The van der Waals surface area contributed by atoms with E-state index in [-0.39, 0.29) is 5.56 Å². The van der Waals surface area contributed by atoms with Crippen LogP contribution in [-0.4, -0.2) is 16.0 Å². The number of hydrogen-bond acceptors (Lipinski definition) is 3. The van der Waals surface area contributed by atoms with Crippen LogP contribution in [0.15, 0.2) is 23.0 Å². The molecular weight excluding hydrogens is 238 g/mol. The van der Waals surface area contributed by atoms with Gasteiger partial charge < -0.3 is 10.3 Å². The number of nitrogens with one attached hydrogen (secondary N) is 2. The van der Waals surface area contributed by atoms with Crippen molar-refractivity contribution in [2.24, 2.45) is 0 Å². The number of halogens is 1. The highest BCUT2D eigenvalue weighted by molar-refractivity contribution is 6.31. The Kier molecular flexibility index (Phi) is 3.45. The summed E-state index contributed by atoms with van der Waals surface area (Å²) in [5.74, 6) is 0.624. The van der Waals surface area contributed by atoms with E-state index in [2.05, 4.69) is 15.3 Å². The molecule has 0 bridgehead atoms. The van der Waals surface area contributed by atoms with Crippen molar-refractivity contribution in [3.63, 3.8) is 0 Å². The van der Waals surface area contributed by atoms with E-state index in [9.17, 15) is 4.79 Å². The number of rotatable bonds is 3. The van der Waals surface area contributed by atoms with Gasteiger partial charge >= 0.3 is 0 Å². The number of aromatic nitrogens is 2. The van der Waals surface area contributed by atoms with Gasteiger partial charge in [0, 0.05) is 11.1 Å². The van der Waals surface area contributed by atoms with Gasteiger partial charge in [0.15, 0.2) is 0 Å². The largest absolute Gasteiger partial charge is 0.309 e. The zero-order valence-electron chi connectivity index (χ0n) is 9.75. The van der Waals surface area contributed by atoms with E-state index in [1.807, 2.05) is 13.8 Å². The third kappa shape index (κ3) is 2.84. The van der Waals surface area contributed by atoms with Crippen LogP contribution < -0.4 is 10.9 Å². The number of fused-ring (bicyclic) bond motifs is 1. The minimum Gasteiger partial charge on any atom is -0.309 e. The predicted octanol–water partition coefficient (Wildman–Crippen LogP) is 2.07. The van der Waals surface area contributed by atoms with Gasteiger partial charge in [0.25, 0.3) is 5.56 Å². The molecule has 0 saturated heterocycles. The van der Waals surface area contributed by atoms with E-state index in [0.717, 1.165) is 0 Å². The zero-order valence-corrected chi connectivity index (χ0v) is 10.5. The van der Waals surface area contributed by atoms with Crippen LogP contribution in [0.1, 0.15) is 19.7 Å². The summed E-state index contributed by atoms with van der Waals surface area (Å²) in [5.41, 5.74) is 0.494. The molecule has 2 N–H and O–H groups in total. The van der Waals surface area contributed by atoms with Crippen molar-refractivity contribution in [3.05, 3.63) is 39.4 Å². The van der Waals surface area contributed by atoms with Crippen LogP contribution in [0.3, 0.4) is 0 Å². The summed E-state index contributed by atoms with van der Waals surface area (Å²) in [5, 5.41) is 4.34. The molecule has 1 aromatic carbocycles. The lowest BCUT2D eigenvalue weighted by Crippen LogP contribution is -2.25. The van der Waals surface area contributed by atoms with Gasteiger partial charge in [-0.25, -0.2) is 4.98 Å². The van der Waals surface area contributed by atoms with Crippen molar-refractivity contribution in [2.75, 3.05) is 0 Å². The molecule has 17 heavy (non-hydrogen) atoms. The van der Waals surface area contributed by atoms with E-state index in [1.54, 1.807) is 18.2 Å². The molecule has 0 atom stereocenters. The number of benzene rings is 1. The SMILES string of the molecule is CC(C)NCc1nc2cc(Cl)ccc2c(=O)[nH]1. The van der Waals surface area contributed by atoms with Gasteiger partial charge in [-0.2, -0.15) is 0 Å². The summed E-state index contributed by atoms with van der Waals surface area (Å²) in [7, 11) is 0. The highest BCUT2D eigenvalue weighted by Crippen LogP contribution is 2.14. The normalized spacial score (nSPS) is 11.3. The Morgan fingerprint density at radius 1 is 1.47 bits per heavy atom. The lowest BCUT2D eigenvalue weighted by atomic mass is 10.2. The summed E-state index contributed by atoms with van der Waals surface area (Å²) in [6.07, 6.45) is 0. The average Bonchev–Trinajstić information content (AvgIpc) is 2.25. The fourth-order valence-electron chi connectivity index (χ4n) is 1.55. The highest BCUT2D eigenvalue weighted by Gasteiger charge is 2.04. The molecule has 0 spiro atoms. The van der Waals surface area contributed by atoms with Crippen LogP contribution in [0.2, 0.25) is 5.02 Å². The average molecular weight is 252 g/mol.